The lowest BCUT2D eigenvalue weighted by molar-refractivity contribution is -0.127. The van der Waals surface area contributed by atoms with Crippen molar-refractivity contribution in [1.82, 2.24) is 10.2 Å². The molecule has 0 aliphatic heterocycles. The van der Waals surface area contributed by atoms with Gasteiger partial charge in [-0.15, -0.1) is 0 Å². The molecule has 0 atom stereocenters. The lowest BCUT2D eigenvalue weighted by Gasteiger charge is -2.13. The van der Waals surface area contributed by atoms with Crippen LogP contribution in [0.2, 0.25) is 0 Å². The highest BCUT2D eigenvalue weighted by Crippen LogP contribution is 2.20. The van der Waals surface area contributed by atoms with Crippen LogP contribution in [0, 0.1) is 6.92 Å². The molecule has 0 aromatic heterocycles. The maximum Gasteiger partial charge on any atom is 0.319 e. The van der Waals surface area contributed by atoms with E-state index in [1.807, 2.05) is 6.92 Å². The number of carbonyl (C=O) groups excluding carboxylic acids is 3. The van der Waals surface area contributed by atoms with E-state index in [2.05, 4.69) is 16.0 Å². The van der Waals surface area contributed by atoms with Crippen LogP contribution in [0.3, 0.4) is 0 Å². The molecule has 0 saturated carbocycles. The molecule has 1 aromatic rings. The van der Waals surface area contributed by atoms with Crippen molar-refractivity contribution in [3.05, 3.63) is 23.8 Å². The summed E-state index contributed by atoms with van der Waals surface area (Å²) < 4.78 is 0. The van der Waals surface area contributed by atoms with Gasteiger partial charge in [-0.25, -0.2) is 4.79 Å². The molecule has 0 spiro atoms. The molecule has 0 heterocycles. The third-order valence-corrected chi connectivity index (χ3v) is 2.71. The number of aryl methyl sites for hydroxylation is 1. The van der Waals surface area contributed by atoms with Crippen molar-refractivity contribution >= 4 is 29.2 Å². The number of amides is 4. The highest BCUT2D eigenvalue weighted by molar-refractivity contribution is 5.94. The number of carbonyl (C=O) groups is 3. The van der Waals surface area contributed by atoms with Crippen molar-refractivity contribution in [2.45, 2.75) is 13.8 Å². The Labute approximate surface area is 123 Å². The molecule has 0 aliphatic rings. The van der Waals surface area contributed by atoms with E-state index in [1.54, 1.807) is 32.3 Å². The third kappa shape index (κ3) is 5.52. The van der Waals surface area contributed by atoms with Crippen LogP contribution >= 0.6 is 0 Å². The van der Waals surface area contributed by atoms with Crippen LogP contribution in [0.4, 0.5) is 16.2 Å². The molecule has 0 saturated heterocycles. The van der Waals surface area contributed by atoms with Crippen molar-refractivity contribution in [2.24, 2.45) is 0 Å². The third-order valence-electron chi connectivity index (χ3n) is 2.71. The van der Waals surface area contributed by atoms with Gasteiger partial charge in [0.25, 0.3) is 0 Å². The molecule has 114 valence electrons. The van der Waals surface area contributed by atoms with E-state index < -0.39 is 6.03 Å². The predicted octanol–water partition coefficient (Wildman–Crippen LogP) is 1.16. The summed E-state index contributed by atoms with van der Waals surface area (Å²) in [6.45, 7) is 3.19. The summed E-state index contributed by atoms with van der Waals surface area (Å²) in [6.07, 6.45) is 0. The van der Waals surface area contributed by atoms with Crippen LogP contribution in [-0.2, 0) is 9.59 Å². The lowest BCUT2D eigenvalue weighted by Crippen LogP contribution is -2.38. The molecule has 4 amide bonds. The van der Waals surface area contributed by atoms with Crippen LogP contribution < -0.4 is 16.0 Å². The zero-order chi connectivity index (χ0) is 16.0. The number of likely N-dealkylation sites (N-methyl/N-ethyl adjacent to an activating group) is 1. The summed E-state index contributed by atoms with van der Waals surface area (Å²) in [5, 5.41) is 7.74. The minimum absolute atomic E-state index is 0.0801. The van der Waals surface area contributed by atoms with E-state index in [1.165, 1.54) is 11.8 Å². The standard InChI is InChI=1S/C14H20N4O3/c1-9-5-6-11(7-12(9)16-10(2)19)17-14(21)15-8-13(20)18(3)4/h5-7H,8H2,1-4H3,(H,16,19)(H2,15,17,21). The molecule has 7 heteroatoms. The maximum absolute atomic E-state index is 11.7. The first kappa shape index (κ1) is 16.5. The average molecular weight is 292 g/mol. The van der Waals surface area contributed by atoms with Gasteiger partial charge in [-0.2, -0.15) is 0 Å². The summed E-state index contributed by atoms with van der Waals surface area (Å²) in [5.74, 6) is -0.385. The Balaban J connectivity index is 2.64. The Morgan fingerprint density at radius 2 is 1.81 bits per heavy atom. The van der Waals surface area contributed by atoms with E-state index >= 15 is 0 Å². The molecule has 0 unspecified atom stereocenters. The highest BCUT2D eigenvalue weighted by atomic mass is 16.2. The molecule has 0 bridgehead atoms. The Kier molecular flexibility index (Phi) is 5.71. The summed E-state index contributed by atoms with van der Waals surface area (Å²) in [4.78, 5) is 35.5. The number of nitrogens with zero attached hydrogens (tertiary/aromatic N) is 1. The molecule has 21 heavy (non-hydrogen) atoms. The van der Waals surface area contributed by atoms with Gasteiger partial charge >= 0.3 is 6.03 Å². The monoisotopic (exact) mass is 292 g/mol. The minimum atomic E-state index is -0.483. The number of anilines is 2. The first-order valence-electron chi connectivity index (χ1n) is 6.43. The van der Waals surface area contributed by atoms with Crippen molar-refractivity contribution in [2.75, 3.05) is 31.3 Å². The van der Waals surface area contributed by atoms with E-state index in [4.69, 9.17) is 0 Å². The number of urea groups is 1. The number of rotatable bonds is 4. The van der Waals surface area contributed by atoms with Crippen molar-refractivity contribution < 1.29 is 14.4 Å². The highest BCUT2D eigenvalue weighted by Gasteiger charge is 2.08. The van der Waals surface area contributed by atoms with Crippen LogP contribution in [0.25, 0.3) is 0 Å². The van der Waals surface area contributed by atoms with Gasteiger partial charge in [0.1, 0.15) is 0 Å². The summed E-state index contributed by atoms with van der Waals surface area (Å²) >= 11 is 0. The molecular weight excluding hydrogens is 272 g/mol. The topological polar surface area (TPSA) is 90.5 Å². The molecule has 0 aliphatic carbocycles. The second-order valence-electron chi connectivity index (χ2n) is 4.81. The van der Waals surface area contributed by atoms with Gasteiger partial charge in [-0.05, 0) is 24.6 Å². The first-order valence-corrected chi connectivity index (χ1v) is 6.43. The molecule has 3 N–H and O–H groups in total. The fraction of sp³-hybridized carbons (Fsp3) is 0.357. The molecule has 7 nitrogen and oxygen atoms in total. The number of hydrogen-bond acceptors (Lipinski definition) is 3. The molecule has 0 radical (unpaired) electrons. The summed E-state index contributed by atoms with van der Waals surface area (Å²) in [5.41, 5.74) is 2.04. The van der Waals surface area contributed by atoms with Gasteiger partial charge in [0.15, 0.2) is 0 Å². The normalized spacial score (nSPS) is 9.71. The van der Waals surface area contributed by atoms with Gasteiger partial charge in [-0.1, -0.05) is 6.07 Å². The van der Waals surface area contributed by atoms with Crippen LogP contribution in [0.15, 0.2) is 18.2 Å². The lowest BCUT2D eigenvalue weighted by atomic mass is 10.2. The Morgan fingerprint density at radius 1 is 1.14 bits per heavy atom. The molecule has 1 rings (SSSR count). The van der Waals surface area contributed by atoms with Gasteiger partial charge in [-0.3, -0.25) is 9.59 Å². The zero-order valence-electron chi connectivity index (χ0n) is 12.6. The van der Waals surface area contributed by atoms with Crippen LogP contribution in [0.5, 0.6) is 0 Å². The molecular formula is C14H20N4O3. The Bertz CT molecular complexity index is 555. The second kappa shape index (κ2) is 7.28. The maximum atomic E-state index is 11.7. The minimum Gasteiger partial charge on any atom is -0.347 e. The van der Waals surface area contributed by atoms with Crippen LogP contribution in [0.1, 0.15) is 12.5 Å². The number of hydrogen-bond donors (Lipinski definition) is 3. The van der Waals surface area contributed by atoms with E-state index in [9.17, 15) is 14.4 Å². The van der Waals surface area contributed by atoms with Crippen molar-refractivity contribution in [3.8, 4) is 0 Å². The average Bonchev–Trinajstić information content (AvgIpc) is 2.39. The molecule has 0 fully saturated rings. The fourth-order valence-electron chi connectivity index (χ4n) is 1.51. The number of nitrogens with one attached hydrogen (secondary N) is 3. The molecule has 1 aromatic carbocycles. The Morgan fingerprint density at radius 3 is 2.38 bits per heavy atom. The van der Waals surface area contributed by atoms with Gasteiger partial charge in [0, 0.05) is 32.4 Å². The van der Waals surface area contributed by atoms with Crippen molar-refractivity contribution in [3.63, 3.8) is 0 Å². The van der Waals surface area contributed by atoms with Gasteiger partial charge in [0.05, 0.1) is 6.54 Å². The van der Waals surface area contributed by atoms with Crippen molar-refractivity contribution in [1.29, 1.82) is 0 Å². The van der Waals surface area contributed by atoms with Gasteiger partial charge < -0.3 is 20.9 Å². The quantitative estimate of drug-likeness (QED) is 0.778. The summed E-state index contributed by atoms with van der Waals surface area (Å²) in [6, 6.07) is 4.67. The number of benzene rings is 1. The van der Waals surface area contributed by atoms with Crippen LogP contribution in [-0.4, -0.2) is 43.4 Å². The Hall–Kier alpha value is -2.57. The van der Waals surface area contributed by atoms with E-state index in [0.29, 0.717) is 11.4 Å². The second-order valence-corrected chi connectivity index (χ2v) is 4.81. The smallest absolute Gasteiger partial charge is 0.319 e. The zero-order valence-corrected chi connectivity index (χ0v) is 12.6. The predicted molar refractivity (Wildman–Crippen MR) is 81.2 cm³/mol. The summed E-state index contributed by atoms with van der Waals surface area (Å²) in [7, 11) is 3.23. The van der Waals surface area contributed by atoms with E-state index in [-0.39, 0.29) is 18.4 Å². The van der Waals surface area contributed by atoms with Gasteiger partial charge in [0.2, 0.25) is 11.8 Å². The fourth-order valence-corrected chi connectivity index (χ4v) is 1.51. The SMILES string of the molecule is CC(=O)Nc1cc(NC(=O)NCC(=O)N(C)C)ccc1C. The van der Waals surface area contributed by atoms with E-state index in [0.717, 1.165) is 5.56 Å². The first-order chi connectivity index (χ1) is 9.79. The largest absolute Gasteiger partial charge is 0.347 e.